The third kappa shape index (κ3) is 4.27. The van der Waals surface area contributed by atoms with Crippen LogP contribution >= 0.6 is 0 Å². The summed E-state index contributed by atoms with van der Waals surface area (Å²) in [6.45, 7) is 5.32. The molecule has 31 heavy (non-hydrogen) atoms. The summed E-state index contributed by atoms with van der Waals surface area (Å²) in [7, 11) is 4.82. The number of ether oxygens (including phenoxy) is 4. The Bertz CT molecular complexity index is 1020. The zero-order chi connectivity index (χ0) is 21.8. The van der Waals surface area contributed by atoms with Crippen LogP contribution in [0.4, 0.5) is 5.95 Å². The first kappa shape index (κ1) is 20.9. The second kappa shape index (κ2) is 9.22. The maximum atomic E-state index is 5.53. The van der Waals surface area contributed by atoms with Gasteiger partial charge in [-0.1, -0.05) is 6.07 Å². The number of morpholine rings is 1. The van der Waals surface area contributed by atoms with E-state index in [4.69, 9.17) is 18.9 Å². The Labute approximate surface area is 181 Å². The molecule has 2 aromatic heterocycles. The number of hydrogen-bond donors (Lipinski definition) is 0. The van der Waals surface area contributed by atoms with Crippen LogP contribution in [0.2, 0.25) is 0 Å². The molecular weight excluding hydrogens is 398 g/mol. The molecule has 0 unspecified atom stereocenters. The minimum Gasteiger partial charge on any atom is -0.493 e. The van der Waals surface area contributed by atoms with Gasteiger partial charge in [0.15, 0.2) is 17.3 Å². The summed E-state index contributed by atoms with van der Waals surface area (Å²) in [6, 6.07) is 9.78. The number of rotatable bonds is 7. The maximum Gasteiger partial charge on any atom is 0.228 e. The SMILES string of the molecule is COc1cc(Cn2c(-c3cccc(C)n3)nnc2N2CCOCC2)cc(OC)c1OC. The van der Waals surface area contributed by atoms with E-state index < -0.39 is 0 Å². The van der Waals surface area contributed by atoms with Gasteiger partial charge in [-0.15, -0.1) is 10.2 Å². The lowest BCUT2D eigenvalue weighted by molar-refractivity contribution is 0.121. The molecule has 0 bridgehead atoms. The number of benzene rings is 1. The molecule has 1 aliphatic rings. The van der Waals surface area contributed by atoms with E-state index in [2.05, 4.69) is 24.6 Å². The van der Waals surface area contributed by atoms with E-state index in [1.807, 2.05) is 37.3 Å². The molecular formula is C22H27N5O4. The smallest absolute Gasteiger partial charge is 0.228 e. The predicted molar refractivity (Wildman–Crippen MR) is 116 cm³/mol. The summed E-state index contributed by atoms with van der Waals surface area (Å²) in [4.78, 5) is 6.85. The summed E-state index contributed by atoms with van der Waals surface area (Å²) in [5.74, 6) is 3.27. The van der Waals surface area contributed by atoms with Crippen LogP contribution in [0, 0.1) is 6.92 Å². The molecule has 1 saturated heterocycles. The summed E-state index contributed by atoms with van der Waals surface area (Å²) in [5.41, 5.74) is 2.67. The van der Waals surface area contributed by atoms with Crippen LogP contribution in [0.5, 0.6) is 17.2 Å². The highest BCUT2D eigenvalue weighted by Gasteiger charge is 2.23. The van der Waals surface area contributed by atoms with Crippen LogP contribution in [-0.2, 0) is 11.3 Å². The van der Waals surface area contributed by atoms with Crippen LogP contribution < -0.4 is 19.1 Å². The van der Waals surface area contributed by atoms with E-state index in [0.29, 0.717) is 42.8 Å². The summed E-state index contributed by atoms with van der Waals surface area (Å²) < 4.78 is 24.1. The quantitative estimate of drug-likeness (QED) is 0.571. The largest absolute Gasteiger partial charge is 0.493 e. The highest BCUT2D eigenvalue weighted by Crippen LogP contribution is 2.39. The third-order valence-corrected chi connectivity index (χ3v) is 5.21. The van der Waals surface area contributed by atoms with Gasteiger partial charge >= 0.3 is 0 Å². The Balaban J connectivity index is 1.80. The van der Waals surface area contributed by atoms with E-state index in [0.717, 1.165) is 36.0 Å². The van der Waals surface area contributed by atoms with Crippen molar-refractivity contribution in [1.29, 1.82) is 0 Å². The van der Waals surface area contributed by atoms with Gasteiger partial charge in [0.25, 0.3) is 0 Å². The fraction of sp³-hybridized carbons (Fsp3) is 0.409. The zero-order valence-corrected chi connectivity index (χ0v) is 18.3. The van der Waals surface area contributed by atoms with Crippen LogP contribution in [-0.4, -0.2) is 67.4 Å². The summed E-state index contributed by atoms with van der Waals surface area (Å²) in [5, 5.41) is 9.02. The van der Waals surface area contributed by atoms with Crippen molar-refractivity contribution >= 4 is 5.95 Å². The molecule has 1 aliphatic heterocycles. The van der Waals surface area contributed by atoms with Crippen molar-refractivity contribution in [3.8, 4) is 28.8 Å². The van der Waals surface area contributed by atoms with E-state index in [-0.39, 0.29) is 0 Å². The topological polar surface area (TPSA) is 83.8 Å². The van der Waals surface area contributed by atoms with E-state index in [1.165, 1.54) is 0 Å². The van der Waals surface area contributed by atoms with Crippen molar-refractivity contribution in [3.05, 3.63) is 41.6 Å². The molecule has 0 radical (unpaired) electrons. The van der Waals surface area contributed by atoms with Crippen molar-refractivity contribution in [2.75, 3.05) is 52.5 Å². The molecule has 9 nitrogen and oxygen atoms in total. The lowest BCUT2D eigenvalue weighted by Crippen LogP contribution is -2.38. The summed E-state index contributed by atoms with van der Waals surface area (Å²) >= 11 is 0. The van der Waals surface area contributed by atoms with Crippen LogP contribution in [0.3, 0.4) is 0 Å². The first-order valence-electron chi connectivity index (χ1n) is 10.1. The second-order valence-electron chi connectivity index (χ2n) is 7.21. The number of aromatic nitrogens is 4. The first-order chi connectivity index (χ1) is 15.1. The van der Waals surface area contributed by atoms with Gasteiger partial charge in [0.1, 0.15) is 5.69 Å². The number of pyridine rings is 1. The standard InChI is InChI=1S/C22H27N5O4/c1-15-6-5-7-17(23-15)21-24-25-22(26-8-10-31-11-9-26)27(21)14-16-12-18(28-2)20(30-4)19(13-16)29-3/h5-7,12-13H,8-11,14H2,1-4H3. The summed E-state index contributed by atoms with van der Waals surface area (Å²) in [6.07, 6.45) is 0. The molecule has 3 heterocycles. The molecule has 0 N–H and O–H groups in total. The van der Waals surface area contributed by atoms with Gasteiger partial charge in [0.05, 0.1) is 41.1 Å². The lowest BCUT2D eigenvalue weighted by Gasteiger charge is -2.28. The van der Waals surface area contributed by atoms with Gasteiger partial charge in [0, 0.05) is 18.8 Å². The number of methoxy groups -OCH3 is 3. The van der Waals surface area contributed by atoms with Crippen molar-refractivity contribution in [1.82, 2.24) is 19.7 Å². The molecule has 4 rings (SSSR count). The lowest BCUT2D eigenvalue weighted by atomic mass is 10.1. The minimum atomic E-state index is 0.515. The van der Waals surface area contributed by atoms with Crippen molar-refractivity contribution in [3.63, 3.8) is 0 Å². The maximum absolute atomic E-state index is 5.53. The number of nitrogens with zero attached hydrogens (tertiary/aromatic N) is 5. The average molecular weight is 425 g/mol. The molecule has 0 aliphatic carbocycles. The van der Waals surface area contributed by atoms with Crippen LogP contribution in [0.15, 0.2) is 30.3 Å². The van der Waals surface area contributed by atoms with Gasteiger partial charge in [-0.25, -0.2) is 4.98 Å². The molecule has 1 aromatic carbocycles. The highest BCUT2D eigenvalue weighted by molar-refractivity contribution is 5.56. The van der Waals surface area contributed by atoms with Crippen molar-refractivity contribution < 1.29 is 18.9 Å². The molecule has 3 aromatic rings. The molecule has 0 saturated carbocycles. The highest BCUT2D eigenvalue weighted by atomic mass is 16.5. The molecule has 9 heteroatoms. The number of hydrogen-bond acceptors (Lipinski definition) is 8. The normalized spacial score (nSPS) is 13.9. The second-order valence-corrected chi connectivity index (χ2v) is 7.21. The molecule has 0 spiro atoms. The average Bonchev–Trinajstić information content (AvgIpc) is 3.22. The fourth-order valence-corrected chi connectivity index (χ4v) is 3.70. The van der Waals surface area contributed by atoms with Gasteiger partial charge in [-0.05, 0) is 36.8 Å². The van der Waals surface area contributed by atoms with E-state index >= 15 is 0 Å². The van der Waals surface area contributed by atoms with Crippen molar-refractivity contribution in [2.45, 2.75) is 13.5 Å². The monoisotopic (exact) mass is 425 g/mol. The Kier molecular flexibility index (Phi) is 6.22. The van der Waals surface area contributed by atoms with Gasteiger partial charge in [-0.3, -0.25) is 4.57 Å². The predicted octanol–water partition coefficient (Wildman–Crippen LogP) is 2.56. The Morgan fingerprint density at radius 1 is 0.968 bits per heavy atom. The Morgan fingerprint density at radius 2 is 1.68 bits per heavy atom. The van der Waals surface area contributed by atoms with Crippen molar-refractivity contribution in [2.24, 2.45) is 0 Å². The zero-order valence-electron chi connectivity index (χ0n) is 18.3. The first-order valence-corrected chi connectivity index (χ1v) is 10.1. The number of aryl methyl sites for hydroxylation is 1. The van der Waals surface area contributed by atoms with Gasteiger partial charge in [0.2, 0.25) is 11.7 Å². The van der Waals surface area contributed by atoms with Gasteiger partial charge in [-0.2, -0.15) is 0 Å². The molecule has 0 amide bonds. The van der Waals surface area contributed by atoms with E-state index in [9.17, 15) is 0 Å². The fourth-order valence-electron chi connectivity index (χ4n) is 3.70. The molecule has 0 atom stereocenters. The minimum absolute atomic E-state index is 0.515. The molecule has 164 valence electrons. The Hall–Kier alpha value is -3.33. The van der Waals surface area contributed by atoms with Crippen LogP contribution in [0.1, 0.15) is 11.3 Å². The van der Waals surface area contributed by atoms with E-state index in [1.54, 1.807) is 21.3 Å². The van der Waals surface area contributed by atoms with Gasteiger partial charge < -0.3 is 23.8 Å². The molecule has 1 fully saturated rings. The number of anilines is 1. The Morgan fingerprint density at radius 3 is 2.29 bits per heavy atom. The third-order valence-electron chi connectivity index (χ3n) is 5.21. The van der Waals surface area contributed by atoms with Crippen LogP contribution in [0.25, 0.3) is 11.5 Å².